The fourth-order valence-corrected chi connectivity index (χ4v) is 5.37. The summed E-state index contributed by atoms with van der Waals surface area (Å²) in [6.07, 6.45) is -5.85. The van der Waals surface area contributed by atoms with Crippen molar-refractivity contribution in [3.05, 3.63) is 29.8 Å². The van der Waals surface area contributed by atoms with Crippen LogP contribution in [0.4, 0.5) is 13.2 Å². The van der Waals surface area contributed by atoms with E-state index in [-0.39, 0.29) is 10.5 Å². The van der Waals surface area contributed by atoms with Crippen LogP contribution < -0.4 is 0 Å². The molecule has 1 aromatic rings. The number of halogens is 3. The largest absolute Gasteiger partial charge is 0.413 e. The second kappa shape index (κ2) is 9.23. The molecule has 0 aromatic heterocycles. The van der Waals surface area contributed by atoms with Gasteiger partial charge in [-0.15, -0.1) is 4.40 Å². The van der Waals surface area contributed by atoms with E-state index in [0.29, 0.717) is 0 Å². The van der Waals surface area contributed by atoms with E-state index in [4.69, 9.17) is 4.43 Å². The van der Waals surface area contributed by atoms with Gasteiger partial charge < -0.3 is 9.33 Å². The standard InChI is InChI=1S/C21H35F3N2O3SSi/c1-19(2,3)31(8,9)29-18(21(22,23)24)14-20(4,5)16-12-10-11-13-17(16)30(27,28)25-15-26(6)7/h10-13,15,18H,14H2,1-9H3/b25-15+. The molecule has 1 rings (SSSR count). The van der Waals surface area contributed by atoms with Crippen LogP contribution in [0, 0.1) is 0 Å². The summed E-state index contributed by atoms with van der Waals surface area (Å²) in [4.78, 5) is 1.37. The molecular weight excluding hydrogens is 445 g/mol. The molecule has 0 saturated carbocycles. The van der Waals surface area contributed by atoms with Crippen LogP contribution in [0.25, 0.3) is 0 Å². The number of nitrogens with zero attached hydrogens (tertiary/aromatic N) is 2. The van der Waals surface area contributed by atoms with Crippen LogP contribution in [-0.2, 0) is 19.9 Å². The molecule has 0 bridgehead atoms. The van der Waals surface area contributed by atoms with E-state index in [1.165, 1.54) is 23.1 Å². The van der Waals surface area contributed by atoms with E-state index >= 15 is 0 Å². The topological polar surface area (TPSA) is 59.0 Å². The van der Waals surface area contributed by atoms with Gasteiger partial charge in [-0.25, -0.2) is 0 Å². The van der Waals surface area contributed by atoms with Crippen LogP contribution in [0.1, 0.15) is 46.6 Å². The first-order valence-corrected chi connectivity index (χ1v) is 14.4. The molecule has 1 aromatic carbocycles. The maximum absolute atomic E-state index is 14.0. The summed E-state index contributed by atoms with van der Waals surface area (Å²) in [7, 11) is -3.55. The number of alkyl halides is 3. The third-order valence-corrected chi connectivity index (χ3v) is 11.4. The maximum atomic E-state index is 14.0. The molecule has 0 spiro atoms. The van der Waals surface area contributed by atoms with Crippen LogP contribution in [-0.4, -0.2) is 54.3 Å². The van der Waals surface area contributed by atoms with Gasteiger partial charge in [0, 0.05) is 14.1 Å². The third-order valence-electron chi connectivity index (χ3n) is 5.61. The molecule has 0 amide bonds. The van der Waals surface area contributed by atoms with Gasteiger partial charge in [-0.3, -0.25) is 0 Å². The highest BCUT2D eigenvalue weighted by Gasteiger charge is 2.50. The number of rotatable bonds is 8. The molecule has 31 heavy (non-hydrogen) atoms. The second-order valence-electron chi connectivity index (χ2n) is 10.2. The Morgan fingerprint density at radius 3 is 2.06 bits per heavy atom. The predicted molar refractivity (Wildman–Crippen MR) is 122 cm³/mol. The minimum Gasteiger partial charge on any atom is -0.405 e. The quantitative estimate of drug-likeness (QED) is 0.277. The van der Waals surface area contributed by atoms with Gasteiger partial charge in [0.05, 0.1) is 4.90 Å². The van der Waals surface area contributed by atoms with Gasteiger partial charge in [0.2, 0.25) is 0 Å². The molecule has 5 nitrogen and oxygen atoms in total. The smallest absolute Gasteiger partial charge is 0.405 e. The van der Waals surface area contributed by atoms with Gasteiger partial charge in [0.25, 0.3) is 10.0 Å². The lowest BCUT2D eigenvalue weighted by molar-refractivity contribution is -0.203. The van der Waals surface area contributed by atoms with E-state index in [1.807, 2.05) is 20.8 Å². The number of hydrogen-bond donors (Lipinski definition) is 0. The van der Waals surface area contributed by atoms with Crippen molar-refractivity contribution in [1.29, 1.82) is 0 Å². The lowest BCUT2D eigenvalue weighted by Gasteiger charge is -2.41. The maximum Gasteiger partial charge on any atom is 0.413 e. The highest BCUT2D eigenvalue weighted by molar-refractivity contribution is 7.90. The van der Waals surface area contributed by atoms with Crippen molar-refractivity contribution in [2.75, 3.05) is 14.1 Å². The molecule has 178 valence electrons. The Kier molecular flexibility index (Phi) is 8.23. The minimum absolute atomic E-state index is 0.105. The van der Waals surface area contributed by atoms with Crippen LogP contribution in [0.3, 0.4) is 0 Å². The summed E-state index contributed by atoms with van der Waals surface area (Å²) < 4.78 is 76.9. The molecule has 0 fully saturated rings. The first kappa shape index (κ1) is 27.6. The Morgan fingerprint density at radius 1 is 1.10 bits per heavy atom. The van der Waals surface area contributed by atoms with E-state index in [2.05, 4.69) is 4.40 Å². The zero-order valence-corrected chi connectivity index (χ0v) is 21.6. The molecule has 0 aliphatic rings. The molecule has 0 saturated heterocycles. The molecule has 0 aliphatic heterocycles. The van der Waals surface area contributed by atoms with E-state index in [0.717, 1.165) is 6.34 Å². The SMILES string of the molecule is CN(C)/C=N/S(=O)(=O)c1ccccc1C(C)(C)CC(O[Si](C)(C)C(C)(C)C)C(F)(F)F. The van der Waals surface area contributed by atoms with Crippen LogP contribution in [0.2, 0.25) is 18.1 Å². The summed E-state index contributed by atoms with van der Waals surface area (Å²) in [6, 6.07) is 6.06. The van der Waals surface area contributed by atoms with Crippen LogP contribution in [0.15, 0.2) is 33.6 Å². The van der Waals surface area contributed by atoms with Gasteiger partial charge in [-0.1, -0.05) is 52.8 Å². The Hall–Kier alpha value is -1.39. The average molecular weight is 481 g/mol. The second-order valence-corrected chi connectivity index (χ2v) is 16.5. The van der Waals surface area contributed by atoms with Gasteiger partial charge in [0.15, 0.2) is 8.32 Å². The fourth-order valence-electron chi connectivity index (χ4n) is 2.79. The highest BCUT2D eigenvalue weighted by Crippen LogP contribution is 2.43. The average Bonchev–Trinajstić information content (AvgIpc) is 2.57. The Bertz CT molecular complexity index is 890. The van der Waals surface area contributed by atoms with Gasteiger partial charge >= 0.3 is 6.18 Å². The minimum atomic E-state index is -4.58. The monoisotopic (exact) mass is 480 g/mol. The summed E-state index contributed by atoms with van der Waals surface area (Å²) in [5.41, 5.74) is -0.862. The van der Waals surface area contributed by atoms with E-state index in [9.17, 15) is 21.6 Å². The zero-order valence-electron chi connectivity index (χ0n) is 19.8. The molecule has 0 aliphatic carbocycles. The van der Waals surface area contributed by atoms with Crippen molar-refractivity contribution in [2.45, 2.75) is 81.8 Å². The summed E-state index contributed by atoms with van der Waals surface area (Å²) in [5, 5.41) is -0.400. The number of sulfonamides is 1. The van der Waals surface area contributed by atoms with Crippen molar-refractivity contribution in [1.82, 2.24) is 4.90 Å². The highest BCUT2D eigenvalue weighted by atomic mass is 32.2. The lowest BCUT2D eigenvalue weighted by atomic mass is 9.79. The normalized spacial score (nSPS) is 15.4. The van der Waals surface area contributed by atoms with E-state index < -0.39 is 47.5 Å². The van der Waals surface area contributed by atoms with Crippen LogP contribution in [0.5, 0.6) is 0 Å². The number of hydrogen-bond acceptors (Lipinski definition) is 3. The molecule has 1 unspecified atom stereocenters. The molecule has 0 heterocycles. The summed E-state index contributed by atoms with van der Waals surface area (Å²) in [6.45, 7) is 12.4. The lowest BCUT2D eigenvalue weighted by Crippen LogP contribution is -2.49. The number of benzene rings is 1. The first-order chi connectivity index (χ1) is 13.7. The van der Waals surface area contributed by atoms with Crippen molar-refractivity contribution in [2.24, 2.45) is 4.40 Å². The molecular formula is C21H35F3N2O3SSi. The van der Waals surface area contributed by atoms with Gasteiger partial charge in [0.1, 0.15) is 12.4 Å². The van der Waals surface area contributed by atoms with Crippen LogP contribution >= 0.6 is 0 Å². The first-order valence-electron chi connectivity index (χ1n) is 10.0. The van der Waals surface area contributed by atoms with Crippen molar-refractivity contribution < 1.29 is 26.0 Å². The fraction of sp³-hybridized carbons (Fsp3) is 0.667. The third kappa shape index (κ3) is 7.32. The Labute approximate surface area is 185 Å². The summed E-state index contributed by atoms with van der Waals surface area (Å²) >= 11 is 0. The molecule has 0 radical (unpaired) electrons. The zero-order chi connectivity index (χ0) is 24.5. The summed E-state index contributed by atoms with van der Waals surface area (Å²) in [5.74, 6) is 0. The van der Waals surface area contributed by atoms with Gasteiger partial charge in [-0.2, -0.15) is 21.6 Å². The molecule has 0 N–H and O–H groups in total. The molecule has 1 atom stereocenters. The predicted octanol–water partition coefficient (Wildman–Crippen LogP) is 5.59. The van der Waals surface area contributed by atoms with Crippen molar-refractivity contribution in [3.63, 3.8) is 0 Å². The molecule has 10 heteroatoms. The van der Waals surface area contributed by atoms with Gasteiger partial charge in [-0.05, 0) is 41.6 Å². The van der Waals surface area contributed by atoms with Crippen molar-refractivity contribution >= 4 is 24.7 Å². The Morgan fingerprint density at radius 2 is 1.61 bits per heavy atom. The van der Waals surface area contributed by atoms with E-state index in [1.54, 1.807) is 47.1 Å². The Balaban J connectivity index is 3.43. The van der Waals surface area contributed by atoms with Crippen molar-refractivity contribution in [3.8, 4) is 0 Å².